The number of rotatable bonds is 5. The Morgan fingerprint density at radius 2 is 1.81 bits per heavy atom. The molecule has 1 atom stereocenters. The first-order chi connectivity index (χ1) is 10.1. The first-order valence-corrected chi connectivity index (χ1v) is 7.35. The van der Waals surface area contributed by atoms with Gasteiger partial charge in [-0.1, -0.05) is 28.1 Å². The molecule has 0 bridgehead atoms. The highest BCUT2D eigenvalue weighted by atomic mass is 79.9. The van der Waals surface area contributed by atoms with Crippen LogP contribution in [0.25, 0.3) is 0 Å². The molecular formula is C16H17BrN2O2. The SMILES string of the molecule is COc1ccccc1NC(=O)[C@@H](C)Nc1ccc(Br)cc1. The monoisotopic (exact) mass is 348 g/mol. The van der Waals surface area contributed by atoms with Crippen molar-refractivity contribution >= 4 is 33.2 Å². The molecule has 5 heteroatoms. The fourth-order valence-corrected chi connectivity index (χ4v) is 2.11. The summed E-state index contributed by atoms with van der Waals surface area (Å²) in [5, 5.41) is 6.01. The van der Waals surface area contributed by atoms with E-state index >= 15 is 0 Å². The van der Waals surface area contributed by atoms with E-state index in [1.807, 2.05) is 55.5 Å². The predicted molar refractivity (Wildman–Crippen MR) is 88.9 cm³/mol. The minimum absolute atomic E-state index is 0.123. The number of nitrogens with one attached hydrogen (secondary N) is 2. The quantitative estimate of drug-likeness (QED) is 0.861. The Kier molecular flexibility index (Phi) is 5.22. The van der Waals surface area contributed by atoms with Crippen LogP contribution in [-0.2, 0) is 4.79 Å². The zero-order valence-electron chi connectivity index (χ0n) is 11.9. The topological polar surface area (TPSA) is 50.4 Å². The molecule has 21 heavy (non-hydrogen) atoms. The fourth-order valence-electron chi connectivity index (χ4n) is 1.85. The average Bonchev–Trinajstić information content (AvgIpc) is 2.50. The van der Waals surface area contributed by atoms with Gasteiger partial charge >= 0.3 is 0 Å². The van der Waals surface area contributed by atoms with Gasteiger partial charge in [0.2, 0.25) is 5.91 Å². The number of halogens is 1. The molecule has 2 aromatic carbocycles. The molecule has 0 saturated heterocycles. The number of hydrogen-bond acceptors (Lipinski definition) is 3. The second-order valence-corrected chi connectivity index (χ2v) is 5.48. The molecule has 0 fully saturated rings. The lowest BCUT2D eigenvalue weighted by molar-refractivity contribution is -0.116. The molecule has 0 aliphatic carbocycles. The average molecular weight is 349 g/mol. The van der Waals surface area contributed by atoms with Gasteiger partial charge in [-0.25, -0.2) is 0 Å². The molecule has 2 aromatic rings. The van der Waals surface area contributed by atoms with Crippen LogP contribution in [0.5, 0.6) is 5.75 Å². The van der Waals surface area contributed by atoms with Crippen molar-refractivity contribution in [2.45, 2.75) is 13.0 Å². The van der Waals surface area contributed by atoms with Crippen LogP contribution in [0, 0.1) is 0 Å². The van der Waals surface area contributed by atoms with Gasteiger partial charge in [-0.15, -0.1) is 0 Å². The van der Waals surface area contributed by atoms with Crippen LogP contribution in [0.3, 0.4) is 0 Å². The third-order valence-corrected chi connectivity index (χ3v) is 3.51. The Hall–Kier alpha value is -2.01. The van der Waals surface area contributed by atoms with Gasteiger partial charge in [-0.3, -0.25) is 4.79 Å². The molecular weight excluding hydrogens is 332 g/mol. The lowest BCUT2D eigenvalue weighted by Crippen LogP contribution is -2.31. The number of para-hydroxylation sites is 2. The van der Waals surface area contributed by atoms with Crippen LogP contribution in [-0.4, -0.2) is 19.1 Å². The van der Waals surface area contributed by atoms with Crippen LogP contribution >= 0.6 is 15.9 Å². The van der Waals surface area contributed by atoms with Crippen LogP contribution in [0.2, 0.25) is 0 Å². The second kappa shape index (κ2) is 7.13. The number of carbonyl (C=O) groups excluding carboxylic acids is 1. The highest BCUT2D eigenvalue weighted by Crippen LogP contribution is 2.23. The molecule has 2 N–H and O–H groups in total. The highest BCUT2D eigenvalue weighted by Gasteiger charge is 2.14. The maximum absolute atomic E-state index is 12.2. The van der Waals surface area contributed by atoms with Gasteiger partial charge in [-0.2, -0.15) is 0 Å². The Morgan fingerprint density at radius 3 is 2.48 bits per heavy atom. The lowest BCUT2D eigenvalue weighted by atomic mass is 10.2. The van der Waals surface area contributed by atoms with Crippen LogP contribution < -0.4 is 15.4 Å². The molecule has 0 saturated carbocycles. The summed E-state index contributed by atoms with van der Waals surface area (Å²) in [6, 6.07) is 14.6. The Bertz CT molecular complexity index is 614. The van der Waals surface area contributed by atoms with Crippen LogP contribution in [0.15, 0.2) is 53.0 Å². The number of amides is 1. The maximum Gasteiger partial charge on any atom is 0.246 e. The lowest BCUT2D eigenvalue weighted by Gasteiger charge is -2.16. The maximum atomic E-state index is 12.2. The van der Waals surface area contributed by atoms with Crippen molar-refractivity contribution in [1.82, 2.24) is 0 Å². The number of benzene rings is 2. The molecule has 0 aliphatic rings. The van der Waals surface area contributed by atoms with Gasteiger partial charge in [-0.05, 0) is 43.3 Å². The van der Waals surface area contributed by atoms with Gasteiger partial charge in [0.05, 0.1) is 12.8 Å². The number of anilines is 2. The highest BCUT2D eigenvalue weighted by molar-refractivity contribution is 9.10. The summed E-state index contributed by atoms with van der Waals surface area (Å²) in [7, 11) is 1.58. The zero-order chi connectivity index (χ0) is 15.2. The summed E-state index contributed by atoms with van der Waals surface area (Å²) < 4.78 is 6.22. The minimum atomic E-state index is -0.365. The van der Waals surface area contributed by atoms with E-state index in [0.717, 1.165) is 10.2 Å². The molecule has 0 unspecified atom stereocenters. The molecule has 0 radical (unpaired) electrons. The van der Waals surface area contributed by atoms with E-state index in [9.17, 15) is 4.79 Å². The summed E-state index contributed by atoms with van der Waals surface area (Å²) in [5.74, 6) is 0.518. The normalized spacial score (nSPS) is 11.6. The van der Waals surface area contributed by atoms with Gasteiger partial charge in [0.15, 0.2) is 0 Å². The van der Waals surface area contributed by atoms with Gasteiger partial charge in [0.1, 0.15) is 11.8 Å². The van der Waals surface area contributed by atoms with Crippen LogP contribution in [0.1, 0.15) is 6.92 Å². The Morgan fingerprint density at radius 1 is 1.14 bits per heavy atom. The van der Waals surface area contributed by atoms with E-state index in [2.05, 4.69) is 26.6 Å². The third kappa shape index (κ3) is 4.23. The van der Waals surface area contributed by atoms with Crippen LogP contribution in [0.4, 0.5) is 11.4 Å². The molecule has 0 aliphatic heterocycles. The van der Waals surface area contributed by atoms with E-state index in [1.165, 1.54) is 0 Å². The van der Waals surface area contributed by atoms with E-state index in [-0.39, 0.29) is 11.9 Å². The van der Waals surface area contributed by atoms with Gasteiger partial charge < -0.3 is 15.4 Å². The largest absolute Gasteiger partial charge is 0.495 e. The standard InChI is InChI=1S/C16H17BrN2O2/c1-11(18-13-9-7-12(17)8-10-13)16(20)19-14-5-3-4-6-15(14)21-2/h3-11,18H,1-2H3,(H,19,20)/t11-/m1/s1. The van der Waals surface area contributed by atoms with E-state index in [4.69, 9.17) is 4.74 Å². The summed E-state index contributed by atoms with van der Waals surface area (Å²) in [6.07, 6.45) is 0. The number of methoxy groups -OCH3 is 1. The predicted octanol–water partition coefficient (Wildman–Crippen LogP) is 3.90. The number of ether oxygens (including phenoxy) is 1. The van der Waals surface area contributed by atoms with Gasteiger partial charge in [0.25, 0.3) is 0 Å². The summed E-state index contributed by atoms with van der Waals surface area (Å²) in [4.78, 5) is 12.2. The fraction of sp³-hybridized carbons (Fsp3) is 0.188. The smallest absolute Gasteiger partial charge is 0.246 e. The zero-order valence-corrected chi connectivity index (χ0v) is 13.5. The minimum Gasteiger partial charge on any atom is -0.495 e. The van der Waals surface area contributed by atoms with Crippen molar-refractivity contribution in [3.8, 4) is 5.75 Å². The first kappa shape index (κ1) is 15.4. The molecule has 2 rings (SSSR count). The molecule has 0 heterocycles. The van der Waals surface area contributed by atoms with E-state index in [1.54, 1.807) is 7.11 Å². The molecule has 0 spiro atoms. The Balaban J connectivity index is 2.01. The van der Waals surface area contributed by atoms with Crippen molar-refractivity contribution in [3.05, 3.63) is 53.0 Å². The summed E-state index contributed by atoms with van der Waals surface area (Å²) in [6.45, 7) is 1.81. The molecule has 110 valence electrons. The molecule has 1 amide bonds. The summed E-state index contributed by atoms with van der Waals surface area (Å²) >= 11 is 3.38. The van der Waals surface area contributed by atoms with Crippen molar-refractivity contribution in [2.75, 3.05) is 17.7 Å². The summed E-state index contributed by atoms with van der Waals surface area (Å²) in [5.41, 5.74) is 1.55. The first-order valence-electron chi connectivity index (χ1n) is 6.56. The van der Waals surface area contributed by atoms with Gasteiger partial charge in [0, 0.05) is 10.2 Å². The van der Waals surface area contributed by atoms with Crippen molar-refractivity contribution in [3.63, 3.8) is 0 Å². The Labute approximate surface area is 132 Å². The molecule has 0 aromatic heterocycles. The third-order valence-electron chi connectivity index (χ3n) is 2.99. The number of carbonyl (C=O) groups is 1. The molecule has 4 nitrogen and oxygen atoms in total. The van der Waals surface area contributed by atoms with Crippen molar-refractivity contribution in [2.24, 2.45) is 0 Å². The van der Waals surface area contributed by atoms with E-state index in [0.29, 0.717) is 11.4 Å². The van der Waals surface area contributed by atoms with Crippen molar-refractivity contribution < 1.29 is 9.53 Å². The number of hydrogen-bond donors (Lipinski definition) is 2. The van der Waals surface area contributed by atoms with Crippen molar-refractivity contribution in [1.29, 1.82) is 0 Å². The van der Waals surface area contributed by atoms with E-state index < -0.39 is 0 Å². The second-order valence-electron chi connectivity index (χ2n) is 4.56.